The van der Waals surface area contributed by atoms with E-state index in [1.807, 2.05) is 24.5 Å². The van der Waals surface area contributed by atoms with Crippen LogP contribution in [0.2, 0.25) is 5.02 Å². The second kappa shape index (κ2) is 7.25. The molecule has 2 fully saturated rings. The minimum absolute atomic E-state index is 0.378. The third kappa shape index (κ3) is 3.63. The highest BCUT2D eigenvalue weighted by Gasteiger charge is 2.41. The summed E-state index contributed by atoms with van der Waals surface area (Å²) in [4.78, 5) is 12.4. The van der Waals surface area contributed by atoms with Crippen LogP contribution in [0.15, 0.2) is 40.5 Å². The molecule has 2 N–H and O–H groups in total. The molecule has 0 aliphatic carbocycles. The second-order valence-corrected chi connectivity index (χ2v) is 8.73. The number of halogens is 1. The molecule has 4 rings (SSSR count). The fourth-order valence-electron chi connectivity index (χ4n) is 3.85. The predicted molar refractivity (Wildman–Crippen MR) is 106 cm³/mol. The summed E-state index contributed by atoms with van der Waals surface area (Å²) >= 11 is 7.73. The lowest BCUT2D eigenvalue weighted by Gasteiger charge is -2.38. The topological polar surface area (TPSA) is 64.3 Å². The second-order valence-electron chi connectivity index (χ2n) is 7.29. The minimum atomic E-state index is 0.378. The van der Waals surface area contributed by atoms with Crippen LogP contribution in [-0.4, -0.2) is 35.8 Å². The van der Waals surface area contributed by atoms with Crippen LogP contribution < -0.4 is 10.6 Å². The summed E-state index contributed by atoms with van der Waals surface area (Å²) in [7, 11) is 0. The molecule has 0 radical (unpaired) electrons. The minimum Gasteiger partial charge on any atom is -0.397 e. The summed E-state index contributed by atoms with van der Waals surface area (Å²) in [6.45, 7) is 5.11. The van der Waals surface area contributed by atoms with Crippen LogP contribution in [0.1, 0.15) is 26.2 Å². The van der Waals surface area contributed by atoms with Crippen LogP contribution in [0.5, 0.6) is 0 Å². The molecule has 5 nitrogen and oxygen atoms in total. The maximum Gasteiger partial charge on any atom is 0.147 e. The fraction of sp³-hybridized carbons (Fsp3) is 0.474. The number of aromatic nitrogens is 2. The Hall–Kier alpha value is -1.50. The molecule has 1 atom stereocenters. The van der Waals surface area contributed by atoms with Gasteiger partial charge in [0.1, 0.15) is 10.8 Å². The van der Waals surface area contributed by atoms with Gasteiger partial charge in [-0.25, -0.2) is 9.97 Å². The Bertz CT molecular complexity index is 778. The number of nitrogens with zero attached hydrogens (tertiary/aromatic N) is 3. The van der Waals surface area contributed by atoms with Crippen LogP contribution in [0.25, 0.3) is 0 Å². The van der Waals surface area contributed by atoms with Crippen molar-refractivity contribution in [3.8, 4) is 0 Å². The Balaban J connectivity index is 1.40. The molecule has 3 heterocycles. The number of benzene rings is 1. The molecule has 2 saturated heterocycles. The van der Waals surface area contributed by atoms with Gasteiger partial charge in [-0.2, -0.15) is 0 Å². The van der Waals surface area contributed by atoms with Crippen molar-refractivity contribution in [3.63, 3.8) is 0 Å². The van der Waals surface area contributed by atoms with E-state index in [4.69, 9.17) is 22.1 Å². The van der Waals surface area contributed by atoms with E-state index < -0.39 is 0 Å². The molecule has 138 valence electrons. The van der Waals surface area contributed by atoms with Crippen molar-refractivity contribution in [1.82, 2.24) is 9.97 Å². The Morgan fingerprint density at radius 3 is 2.73 bits per heavy atom. The van der Waals surface area contributed by atoms with Gasteiger partial charge in [0, 0.05) is 18.0 Å². The van der Waals surface area contributed by atoms with E-state index in [1.165, 1.54) is 18.2 Å². The molecule has 7 heteroatoms. The largest absolute Gasteiger partial charge is 0.397 e. The zero-order chi connectivity index (χ0) is 18.1. The molecule has 1 spiro atoms. The third-order valence-corrected chi connectivity index (χ3v) is 6.88. The van der Waals surface area contributed by atoms with E-state index in [-0.39, 0.29) is 0 Å². The predicted octanol–water partition coefficient (Wildman–Crippen LogP) is 4.26. The first-order chi connectivity index (χ1) is 12.5. The molecule has 2 aliphatic heterocycles. The lowest BCUT2D eigenvalue weighted by Crippen LogP contribution is -2.41. The number of hydrogen-bond acceptors (Lipinski definition) is 6. The summed E-state index contributed by atoms with van der Waals surface area (Å²) < 4.78 is 5.81. The SMILES string of the molecule is C[C@H]1CC2(CCN(c3cnc(Sc4cccc(N)c4Cl)cn3)CC2)CO1. The zero-order valence-corrected chi connectivity index (χ0v) is 16.4. The number of nitrogen functional groups attached to an aromatic ring is 1. The average Bonchev–Trinajstić information content (AvgIpc) is 3.01. The van der Waals surface area contributed by atoms with Gasteiger partial charge >= 0.3 is 0 Å². The Labute approximate surface area is 163 Å². The Morgan fingerprint density at radius 1 is 1.27 bits per heavy atom. The van der Waals surface area contributed by atoms with Gasteiger partial charge in [-0.3, -0.25) is 0 Å². The highest BCUT2D eigenvalue weighted by atomic mass is 35.5. The summed E-state index contributed by atoms with van der Waals surface area (Å²) in [5.74, 6) is 0.940. The lowest BCUT2D eigenvalue weighted by molar-refractivity contribution is 0.0976. The number of anilines is 2. The van der Waals surface area contributed by atoms with E-state index in [0.29, 0.717) is 22.2 Å². The summed E-state index contributed by atoms with van der Waals surface area (Å²) in [5.41, 5.74) is 6.81. The van der Waals surface area contributed by atoms with E-state index in [2.05, 4.69) is 21.8 Å². The van der Waals surface area contributed by atoms with Gasteiger partial charge in [-0.05, 0) is 43.7 Å². The van der Waals surface area contributed by atoms with Crippen molar-refractivity contribution in [1.29, 1.82) is 0 Å². The summed E-state index contributed by atoms with van der Waals surface area (Å²) in [5, 5.41) is 1.38. The fourth-order valence-corrected chi connectivity index (χ4v) is 4.88. The normalized spacial score (nSPS) is 22.1. The first-order valence-corrected chi connectivity index (χ1v) is 10.1. The molecule has 2 aliphatic rings. The van der Waals surface area contributed by atoms with Crippen LogP contribution >= 0.6 is 23.4 Å². The molecule has 0 unspecified atom stereocenters. The van der Waals surface area contributed by atoms with Crippen molar-refractivity contribution in [2.24, 2.45) is 5.41 Å². The van der Waals surface area contributed by atoms with Gasteiger partial charge < -0.3 is 15.4 Å². The number of piperidine rings is 1. The van der Waals surface area contributed by atoms with Gasteiger partial charge in [0.2, 0.25) is 0 Å². The van der Waals surface area contributed by atoms with Gasteiger partial charge in [0.25, 0.3) is 0 Å². The molecular weight excluding hydrogens is 368 g/mol. The molecule has 0 bridgehead atoms. The Morgan fingerprint density at radius 2 is 2.08 bits per heavy atom. The molecule has 0 saturated carbocycles. The van der Waals surface area contributed by atoms with Crippen LogP contribution in [0.4, 0.5) is 11.5 Å². The number of ether oxygens (including phenoxy) is 1. The maximum atomic E-state index is 6.25. The highest BCUT2D eigenvalue weighted by molar-refractivity contribution is 7.99. The molecular formula is C19H23ClN4OS. The monoisotopic (exact) mass is 390 g/mol. The molecule has 26 heavy (non-hydrogen) atoms. The van der Waals surface area contributed by atoms with Crippen LogP contribution in [-0.2, 0) is 4.74 Å². The van der Waals surface area contributed by atoms with E-state index >= 15 is 0 Å². The number of nitrogens with two attached hydrogens (primary N) is 1. The zero-order valence-electron chi connectivity index (χ0n) is 14.8. The van der Waals surface area contributed by atoms with Gasteiger partial charge in [0.15, 0.2) is 0 Å². The molecule has 1 aromatic carbocycles. The van der Waals surface area contributed by atoms with Crippen molar-refractivity contribution in [2.45, 2.75) is 42.2 Å². The molecule has 0 amide bonds. The van der Waals surface area contributed by atoms with Crippen molar-refractivity contribution >= 4 is 34.9 Å². The number of hydrogen-bond donors (Lipinski definition) is 1. The Kier molecular flexibility index (Phi) is 4.99. The molecule has 1 aromatic heterocycles. The van der Waals surface area contributed by atoms with Crippen LogP contribution in [0.3, 0.4) is 0 Å². The maximum absolute atomic E-state index is 6.25. The standard InChI is InChI=1S/C19H23ClN4OS/c1-13-9-19(12-25-13)5-7-24(8-6-19)16-10-23-17(11-22-16)26-15-4-2-3-14(21)18(15)20/h2-4,10-11,13H,5-9,12,21H2,1H3/t13-/m0/s1. The average molecular weight is 391 g/mol. The van der Waals surface area contributed by atoms with Gasteiger partial charge in [-0.15, -0.1) is 0 Å². The number of rotatable bonds is 3. The van der Waals surface area contributed by atoms with E-state index in [1.54, 1.807) is 6.07 Å². The smallest absolute Gasteiger partial charge is 0.147 e. The lowest BCUT2D eigenvalue weighted by atomic mass is 9.77. The third-order valence-electron chi connectivity index (χ3n) is 5.36. The van der Waals surface area contributed by atoms with E-state index in [9.17, 15) is 0 Å². The van der Waals surface area contributed by atoms with Gasteiger partial charge in [-0.1, -0.05) is 29.4 Å². The van der Waals surface area contributed by atoms with Crippen molar-refractivity contribution in [3.05, 3.63) is 35.6 Å². The first kappa shape index (κ1) is 17.9. The highest BCUT2D eigenvalue weighted by Crippen LogP contribution is 2.42. The summed E-state index contributed by atoms with van der Waals surface area (Å²) in [6.07, 6.45) is 7.57. The van der Waals surface area contributed by atoms with E-state index in [0.717, 1.165) is 48.3 Å². The quantitative estimate of drug-likeness (QED) is 0.790. The van der Waals surface area contributed by atoms with Crippen LogP contribution in [0, 0.1) is 5.41 Å². The summed E-state index contributed by atoms with van der Waals surface area (Å²) in [6, 6.07) is 5.62. The van der Waals surface area contributed by atoms with Crippen molar-refractivity contribution < 1.29 is 4.74 Å². The van der Waals surface area contributed by atoms with Crippen molar-refractivity contribution in [2.75, 3.05) is 30.3 Å². The first-order valence-electron chi connectivity index (χ1n) is 8.95. The van der Waals surface area contributed by atoms with Gasteiger partial charge in [0.05, 0.1) is 35.8 Å². The molecule has 2 aromatic rings.